The van der Waals surface area contributed by atoms with Crippen LogP contribution < -0.4 is 0 Å². The molecule has 0 N–H and O–H groups in total. The van der Waals surface area contributed by atoms with E-state index in [1.54, 1.807) is 6.07 Å². The third-order valence-corrected chi connectivity index (χ3v) is 2.66. The van der Waals surface area contributed by atoms with E-state index in [9.17, 15) is 0 Å². The highest BCUT2D eigenvalue weighted by Crippen LogP contribution is 2.47. The van der Waals surface area contributed by atoms with Crippen molar-refractivity contribution in [1.82, 2.24) is 0 Å². The summed E-state index contributed by atoms with van der Waals surface area (Å²) >= 11 is 5.98. The third-order valence-electron chi connectivity index (χ3n) is 2.33. The van der Waals surface area contributed by atoms with Crippen LogP contribution in [0.25, 0.3) is 0 Å². The van der Waals surface area contributed by atoms with Crippen molar-refractivity contribution >= 4 is 11.6 Å². The average Bonchev–Trinajstić information content (AvgIpc) is 2.79. The molecule has 0 spiro atoms. The van der Waals surface area contributed by atoms with Crippen LogP contribution in [0.3, 0.4) is 0 Å². The predicted molar refractivity (Wildman–Crippen MR) is 49.3 cm³/mol. The highest BCUT2D eigenvalue weighted by atomic mass is 35.5. The molecule has 2 atom stereocenters. The summed E-state index contributed by atoms with van der Waals surface area (Å²) < 4.78 is 5.27. The van der Waals surface area contributed by atoms with Gasteiger partial charge in [0.25, 0.3) is 0 Å². The van der Waals surface area contributed by atoms with Gasteiger partial charge < -0.3 is 4.74 Å². The monoisotopic (exact) mass is 193 g/mol. The van der Waals surface area contributed by atoms with Crippen molar-refractivity contribution in [1.29, 1.82) is 5.26 Å². The fourth-order valence-electron chi connectivity index (χ4n) is 1.43. The molecule has 66 valence electrons. The van der Waals surface area contributed by atoms with Crippen LogP contribution in [-0.2, 0) is 10.3 Å². The van der Waals surface area contributed by atoms with Crippen molar-refractivity contribution in [2.24, 2.45) is 0 Å². The smallest absolute Gasteiger partial charge is 0.178 e. The van der Waals surface area contributed by atoms with Gasteiger partial charge in [0, 0.05) is 10.6 Å². The molecular weight excluding hydrogens is 186 g/mol. The van der Waals surface area contributed by atoms with Gasteiger partial charge in [0.15, 0.2) is 6.10 Å². The molecule has 0 bridgehead atoms. The number of benzene rings is 1. The molecule has 0 aliphatic carbocycles. The number of epoxide rings is 1. The number of ether oxygens (including phenoxy) is 1. The lowest BCUT2D eigenvalue weighted by Gasteiger charge is -2.06. The molecule has 1 heterocycles. The van der Waals surface area contributed by atoms with Crippen molar-refractivity contribution < 1.29 is 4.74 Å². The first-order valence-electron chi connectivity index (χ1n) is 4.01. The predicted octanol–water partition coefficient (Wildman–Crippen LogP) is 2.48. The Hall–Kier alpha value is -1.04. The highest BCUT2D eigenvalue weighted by molar-refractivity contribution is 6.31. The van der Waals surface area contributed by atoms with E-state index in [-0.39, 0.29) is 6.10 Å². The summed E-state index contributed by atoms with van der Waals surface area (Å²) in [7, 11) is 0. The molecule has 1 aromatic carbocycles. The van der Waals surface area contributed by atoms with E-state index in [1.165, 1.54) is 0 Å². The van der Waals surface area contributed by atoms with Gasteiger partial charge in [-0.15, -0.1) is 0 Å². The molecular formula is C10H8ClNO. The Morgan fingerprint density at radius 2 is 2.23 bits per heavy atom. The molecule has 2 unspecified atom stereocenters. The number of nitrogens with zero attached hydrogens (tertiary/aromatic N) is 1. The van der Waals surface area contributed by atoms with E-state index >= 15 is 0 Å². The lowest BCUT2D eigenvalue weighted by molar-refractivity contribution is 0.321. The zero-order chi connectivity index (χ0) is 9.47. The van der Waals surface area contributed by atoms with Gasteiger partial charge >= 0.3 is 0 Å². The normalized spacial score (nSPS) is 31.0. The number of rotatable bonds is 1. The Labute approximate surface area is 81.7 Å². The number of nitriles is 1. The van der Waals surface area contributed by atoms with E-state index in [4.69, 9.17) is 21.6 Å². The summed E-state index contributed by atoms with van der Waals surface area (Å²) in [5.74, 6) is 0. The van der Waals surface area contributed by atoms with Crippen molar-refractivity contribution in [2.45, 2.75) is 18.6 Å². The van der Waals surface area contributed by atoms with Crippen LogP contribution in [0, 0.1) is 11.3 Å². The summed E-state index contributed by atoms with van der Waals surface area (Å²) in [6, 6.07) is 9.52. The largest absolute Gasteiger partial charge is 0.345 e. The molecule has 2 rings (SSSR count). The molecule has 3 heteroatoms. The molecule has 0 amide bonds. The summed E-state index contributed by atoms with van der Waals surface area (Å²) in [6.45, 7) is 1.88. The maximum Gasteiger partial charge on any atom is 0.178 e. The maximum atomic E-state index is 8.68. The van der Waals surface area contributed by atoms with E-state index in [2.05, 4.69) is 6.07 Å². The highest BCUT2D eigenvalue weighted by Gasteiger charge is 2.55. The van der Waals surface area contributed by atoms with E-state index in [0.29, 0.717) is 5.02 Å². The maximum absolute atomic E-state index is 8.68. The molecule has 1 saturated heterocycles. The second-order valence-corrected chi connectivity index (χ2v) is 3.62. The molecule has 1 aliphatic rings. The summed E-state index contributed by atoms with van der Waals surface area (Å²) in [6.07, 6.45) is -0.354. The first kappa shape index (κ1) is 8.55. The van der Waals surface area contributed by atoms with Crippen LogP contribution in [0.15, 0.2) is 24.3 Å². The molecule has 1 fully saturated rings. The standard InChI is InChI=1S/C10H8ClNO/c1-10(9(6-12)13-10)7-4-2-3-5-8(7)11/h2-5,9H,1H3. The van der Waals surface area contributed by atoms with E-state index < -0.39 is 5.60 Å². The first-order valence-corrected chi connectivity index (χ1v) is 4.39. The molecule has 13 heavy (non-hydrogen) atoms. The van der Waals surface area contributed by atoms with Gasteiger partial charge in [0.2, 0.25) is 0 Å². The van der Waals surface area contributed by atoms with Crippen LogP contribution in [0.4, 0.5) is 0 Å². The van der Waals surface area contributed by atoms with Crippen molar-refractivity contribution in [3.63, 3.8) is 0 Å². The van der Waals surface area contributed by atoms with Crippen LogP contribution in [0.1, 0.15) is 12.5 Å². The van der Waals surface area contributed by atoms with Gasteiger partial charge in [0.05, 0.1) is 6.07 Å². The Bertz CT molecular complexity index is 385. The number of halogens is 1. The lowest BCUT2D eigenvalue weighted by atomic mass is 9.98. The van der Waals surface area contributed by atoms with E-state index in [0.717, 1.165) is 5.56 Å². The van der Waals surface area contributed by atoms with Gasteiger partial charge in [-0.05, 0) is 13.0 Å². The third kappa shape index (κ3) is 1.21. The van der Waals surface area contributed by atoms with Gasteiger partial charge in [-0.3, -0.25) is 0 Å². The Morgan fingerprint density at radius 1 is 1.54 bits per heavy atom. The SMILES string of the molecule is CC1(c2ccccc2Cl)OC1C#N. The minimum atomic E-state index is -0.493. The molecule has 0 radical (unpaired) electrons. The van der Waals surface area contributed by atoms with Gasteiger partial charge in [-0.25, -0.2) is 0 Å². The van der Waals surface area contributed by atoms with Crippen LogP contribution in [0.5, 0.6) is 0 Å². The number of hydrogen-bond acceptors (Lipinski definition) is 2. The molecule has 0 saturated carbocycles. The Balaban J connectivity index is 2.39. The molecule has 0 aromatic heterocycles. The first-order chi connectivity index (χ1) is 6.18. The van der Waals surface area contributed by atoms with Crippen molar-refractivity contribution in [2.75, 3.05) is 0 Å². The van der Waals surface area contributed by atoms with Crippen molar-refractivity contribution in [3.8, 4) is 6.07 Å². The van der Waals surface area contributed by atoms with Gasteiger partial charge in [-0.2, -0.15) is 5.26 Å². The zero-order valence-corrected chi connectivity index (χ0v) is 7.88. The fourth-order valence-corrected chi connectivity index (χ4v) is 1.75. The van der Waals surface area contributed by atoms with Crippen LogP contribution in [-0.4, -0.2) is 6.10 Å². The average molecular weight is 194 g/mol. The minimum Gasteiger partial charge on any atom is -0.345 e. The van der Waals surface area contributed by atoms with E-state index in [1.807, 2.05) is 25.1 Å². The van der Waals surface area contributed by atoms with Gasteiger partial charge in [0.1, 0.15) is 5.60 Å². The summed E-state index contributed by atoms with van der Waals surface area (Å²) in [5.41, 5.74) is 0.399. The summed E-state index contributed by atoms with van der Waals surface area (Å²) in [5, 5.41) is 9.33. The quantitative estimate of drug-likeness (QED) is 0.643. The Morgan fingerprint density at radius 3 is 2.77 bits per heavy atom. The topological polar surface area (TPSA) is 36.3 Å². The zero-order valence-electron chi connectivity index (χ0n) is 7.12. The lowest BCUT2D eigenvalue weighted by Crippen LogP contribution is -2.06. The molecule has 2 nitrogen and oxygen atoms in total. The molecule has 1 aromatic rings. The molecule has 1 aliphatic heterocycles. The van der Waals surface area contributed by atoms with Crippen molar-refractivity contribution in [3.05, 3.63) is 34.9 Å². The minimum absolute atomic E-state index is 0.354. The second kappa shape index (κ2) is 2.73. The number of hydrogen-bond donors (Lipinski definition) is 0. The Kier molecular flexibility index (Phi) is 1.80. The van der Waals surface area contributed by atoms with Crippen LogP contribution in [0.2, 0.25) is 5.02 Å². The van der Waals surface area contributed by atoms with Crippen LogP contribution >= 0.6 is 11.6 Å². The second-order valence-electron chi connectivity index (χ2n) is 3.21. The van der Waals surface area contributed by atoms with Gasteiger partial charge in [-0.1, -0.05) is 29.8 Å². The fraction of sp³-hybridized carbons (Fsp3) is 0.300. The summed E-state index contributed by atoms with van der Waals surface area (Å²) in [4.78, 5) is 0.